The van der Waals surface area contributed by atoms with Crippen LogP contribution in [0.1, 0.15) is 26.5 Å². The second-order valence-corrected chi connectivity index (χ2v) is 5.56. The van der Waals surface area contributed by atoms with Crippen LogP contribution >= 0.6 is 22.6 Å². The summed E-state index contributed by atoms with van der Waals surface area (Å²) in [6.07, 6.45) is 2.12. The maximum absolute atomic E-state index is 4.60. The Labute approximate surface area is 97.5 Å². The first-order valence-electron chi connectivity index (χ1n) is 4.62. The Hall–Kier alpha value is -0.580. The number of pyridine rings is 1. The third-order valence-corrected chi connectivity index (χ3v) is 3.09. The number of halogens is 1. The van der Waals surface area contributed by atoms with Gasteiger partial charge in [-0.05, 0) is 34.7 Å². The van der Waals surface area contributed by atoms with Crippen molar-refractivity contribution in [3.8, 4) is 0 Å². The van der Waals surface area contributed by atoms with Gasteiger partial charge in [0.1, 0.15) is 5.65 Å². The molecule has 0 aliphatic rings. The molecule has 2 heterocycles. The van der Waals surface area contributed by atoms with Gasteiger partial charge in [0.05, 0.1) is 9.39 Å². The lowest BCUT2D eigenvalue weighted by Gasteiger charge is -2.13. The summed E-state index contributed by atoms with van der Waals surface area (Å²) in [5.74, 6) is 0. The predicted octanol–water partition coefficient (Wildman–Crippen LogP) is 3.24. The maximum Gasteiger partial charge on any atom is 0.137 e. The minimum Gasteiger partial charge on any atom is -0.294 e. The molecule has 0 saturated carbocycles. The first-order chi connectivity index (χ1) is 6.48. The Bertz CT molecular complexity index is 466. The summed E-state index contributed by atoms with van der Waals surface area (Å²) in [6, 6.07) is 6.16. The quantitative estimate of drug-likeness (QED) is 0.539. The molecular formula is C11H13IN2. The van der Waals surface area contributed by atoms with Gasteiger partial charge in [-0.2, -0.15) is 0 Å². The lowest BCUT2D eigenvalue weighted by Crippen LogP contribution is -2.11. The maximum atomic E-state index is 4.60. The van der Waals surface area contributed by atoms with E-state index in [1.165, 1.54) is 3.70 Å². The number of hydrogen-bond donors (Lipinski definition) is 0. The van der Waals surface area contributed by atoms with E-state index in [1.807, 2.05) is 12.1 Å². The highest BCUT2D eigenvalue weighted by atomic mass is 127. The molecule has 3 heteroatoms. The molecule has 0 aromatic carbocycles. The summed E-state index contributed by atoms with van der Waals surface area (Å²) >= 11 is 2.32. The predicted molar refractivity (Wildman–Crippen MR) is 66.6 cm³/mol. The zero-order valence-electron chi connectivity index (χ0n) is 8.58. The van der Waals surface area contributed by atoms with Crippen LogP contribution in [-0.2, 0) is 5.41 Å². The summed E-state index contributed by atoms with van der Waals surface area (Å²) in [5, 5.41) is 0. The van der Waals surface area contributed by atoms with Gasteiger partial charge in [0, 0.05) is 11.6 Å². The SMILES string of the molecule is CC(C)(C)c1cn2c(I)cccc2n1. The highest BCUT2D eigenvalue weighted by molar-refractivity contribution is 14.1. The minimum atomic E-state index is 0.120. The van der Waals surface area contributed by atoms with Crippen molar-refractivity contribution in [1.29, 1.82) is 0 Å². The van der Waals surface area contributed by atoms with Crippen molar-refractivity contribution in [2.24, 2.45) is 0 Å². The van der Waals surface area contributed by atoms with E-state index in [0.717, 1.165) is 11.3 Å². The number of rotatable bonds is 0. The molecule has 74 valence electrons. The Morgan fingerprint density at radius 3 is 2.57 bits per heavy atom. The zero-order valence-corrected chi connectivity index (χ0v) is 10.7. The normalized spacial score (nSPS) is 12.3. The van der Waals surface area contributed by atoms with Crippen LogP contribution in [0.15, 0.2) is 24.4 Å². The van der Waals surface area contributed by atoms with E-state index >= 15 is 0 Å². The molecule has 0 saturated heterocycles. The van der Waals surface area contributed by atoms with Crippen LogP contribution in [0, 0.1) is 3.70 Å². The average molecular weight is 300 g/mol. The second kappa shape index (κ2) is 3.22. The van der Waals surface area contributed by atoms with Gasteiger partial charge in [-0.25, -0.2) is 4.98 Å². The average Bonchev–Trinajstić information content (AvgIpc) is 2.48. The highest BCUT2D eigenvalue weighted by Gasteiger charge is 2.17. The Balaban J connectivity index is 2.69. The van der Waals surface area contributed by atoms with Crippen molar-refractivity contribution in [2.75, 3.05) is 0 Å². The van der Waals surface area contributed by atoms with Crippen molar-refractivity contribution in [3.05, 3.63) is 33.8 Å². The molecule has 2 nitrogen and oxygen atoms in total. The fourth-order valence-corrected chi connectivity index (χ4v) is 1.93. The molecule has 2 aromatic rings. The van der Waals surface area contributed by atoms with Crippen LogP contribution in [0.3, 0.4) is 0 Å². The molecule has 0 aliphatic carbocycles. The summed E-state index contributed by atoms with van der Waals surface area (Å²) in [5.41, 5.74) is 2.29. The van der Waals surface area contributed by atoms with Gasteiger partial charge in [-0.3, -0.25) is 4.40 Å². The van der Waals surface area contributed by atoms with Crippen LogP contribution in [0.2, 0.25) is 0 Å². The second-order valence-electron chi connectivity index (χ2n) is 4.45. The van der Waals surface area contributed by atoms with Crippen molar-refractivity contribution in [2.45, 2.75) is 26.2 Å². The zero-order chi connectivity index (χ0) is 10.3. The monoisotopic (exact) mass is 300 g/mol. The van der Waals surface area contributed by atoms with Crippen LogP contribution in [0.25, 0.3) is 5.65 Å². The van der Waals surface area contributed by atoms with Crippen molar-refractivity contribution in [3.63, 3.8) is 0 Å². The lowest BCUT2D eigenvalue weighted by molar-refractivity contribution is 0.573. The van der Waals surface area contributed by atoms with Crippen molar-refractivity contribution in [1.82, 2.24) is 9.38 Å². The third-order valence-electron chi connectivity index (χ3n) is 2.21. The van der Waals surface area contributed by atoms with E-state index in [4.69, 9.17) is 0 Å². The molecule has 0 amide bonds. The summed E-state index contributed by atoms with van der Waals surface area (Å²) in [7, 11) is 0. The number of imidazole rings is 1. The topological polar surface area (TPSA) is 17.3 Å². The Morgan fingerprint density at radius 2 is 2.00 bits per heavy atom. The molecular weight excluding hydrogens is 287 g/mol. The molecule has 0 unspecified atom stereocenters. The van der Waals surface area contributed by atoms with Crippen LogP contribution in [0.5, 0.6) is 0 Å². The standard InChI is InChI=1S/C11H13IN2/c1-11(2,3)8-7-14-9(12)5-4-6-10(14)13-8/h4-7H,1-3H3. The van der Waals surface area contributed by atoms with Gasteiger partial charge in [0.15, 0.2) is 0 Å². The largest absolute Gasteiger partial charge is 0.294 e. The Morgan fingerprint density at radius 1 is 1.29 bits per heavy atom. The first kappa shape index (κ1) is 9.96. The van der Waals surface area contributed by atoms with E-state index < -0.39 is 0 Å². The number of nitrogens with zero attached hydrogens (tertiary/aromatic N) is 2. The molecule has 2 rings (SSSR count). The molecule has 2 aromatic heterocycles. The van der Waals surface area contributed by atoms with Gasteiger partial charge in [-0.15, -0.1) is 0 Å². The minimum absolute atomic E-state index is 0.120. The molecule has 0 N–H and O–H groups in total. The number of hydrogen-bond acceptors (Lipinski definition) is 1. The van der Waals surface area contributed by atoms with Crippen molar-refractivity contribution >= 4 is 28.2 Å². The fourth-order valence-electron chi connectivity index (χ4n) is 1.34. The van der Waals surface area contributed by atoms with Crippen LogP contribution in [-0.4, -0.2) is 9.38 Å². The number of aromatic nitrogens is 2. The van der Waals surface area contributed by atoms with E-state index in [9.17, 15) is 0 Å². The molecule has 0 radical (unpaired) electrons. The molecule has 14 heavy (non-hydrogen) atoms. The molecule has 0 aliphatic heterocycles. The first-order valence-corrected chi connectivity index (χ1v) is 5.70. The van der Waals surface area contributed by atoms with Gasteiger partial charge in [0.25, 0.3) is 0 Å². The van der Waals surface area contributed by atoms with Gasteiger partial charge in [0.2, 0.25) is 0 Å². The molecule has 0 bridgehead atoms. The third kappa shape index (κ3) is 1.65. The van der Waals surface area contributed by atoms with Crippen LogP contribution < -0.4 is 0 Å². The summed E-state index contributed by atoms with van der Waals surface area (Å²) in [6.45, 7) is 6.55. The van der Waals surface area contributed by atoms with Gasteiger partial charge >= 0.3 is 0 Å². The highest BCUT2D eigenvalue weighted by Crippen LogP contribution is 2.22. The smallest absolute Gasteiger partial charge is 0.137 e. The van der Waals surface area contributed by atoms with Gasteiger partial charge < -0.3 is 0 Å². The van der Waals surface area contributed by atoms with Crippen molar-refractivity contribution < 1.29 is 0 Å². The summed E-state index contributed by atoms with van der Waals surface area (Å²) in [4.78, 5) is 4.60. The van der Waals surface area contributed by atoms with E-state index in [1.54, 1.807) is 0 Å². The van der Waals surface area contributed by atoms with E-state index in [0.29, 0.717) is 0 Å². The molecule has 0 fully saturated rings. The lowest BCUT2D eigenvalue weighted by atomic mass is 9.93. The van der Waals surface area contributed by atoms with E-state index in [-0.39, 0.29) is 5.41 Å². The van der Waals surface area contributed by atoms with E-state index in [2.05, 4.69) is 65.0 Å². The molecule has 0 spiro atoms. The molecule has 0 atom stereocenters. The summed E-state index contributed by atoms with van der Waals surface area (Å²) < 4.78 is 3.32. The Kier molecular flexibility index (Phi) is 2.29. The number of fused-ring (bicyclic) bond motifs is 1. The van der Waals surface area contributed by atoms with Gasteiger partial charge in [-0.1, -0.05) is 26.8 Å². The van der Waals surface area contributed by atoms with Crippen LogP contribution in [0.4, 0.5) is 0 Å². The fraction of sp³-hybridized carbons (Fsp3) is 0.364.